The summed E-state index contributed by atoms with van der Waals surface area (Å²) in [5.74, 6) is -1.27. The van der Waals surface area contributed by atoms with E-state index < -0.39 is 33.3 Å². The van der Waals surface area contributed by atoms with Crippen molar-refractivity contribution in [3.8, 4) is 5.75 Å². The van der Waals surface area contributed by atoms with Crippen LogP contribution >= 0.6 is 23.2 Å². The minimum atomic E-state index is -4.25. The van der Waals surface area contributed by atoms with Crippen LogP contribution in [0.4, 0.5) is 0 Å². The zero-order valence-electron chi connectivity index (χ0n) is 12.5. The molecular weight excluding hydrogens is 391 g/mol. The highest BCUT2D eigenvalue weighted by Crippen LogP contribution is 2.28. The molecule has 25 heavy (non-hydrogen) atoms. The van der Waals surface area contributed by atoms with Crippen LogP contribution in [-0.2, 0) is 14.8 Å². The van der Waals surface area contributed by atoms with Crippen molar-refractivity contribution in [3.05, 3.63) is 58.1 Å². The Morgan fingerprint density at radius 2 is 1.60 bits per heavy atom. The second kappa shape index (κ2) is 7.73. The second-order valence-corrected chi connectivity index (χ2v) is 7.19. The maximum atomic E-state index is 12.2. The van der Waals surface area contributed by atoms with E-state index in [0.717, 1.165) is 0 Å². The lowest BCUT2D eigenvalue weighted by Crippen LogP contribution is -2.34. The number of hydrogen-bond acceptors (Lipinski definition) is 5. The number of hydrogen-bond donors (Lipinski definition) is 2. The molecule has 7 nitrogen and oxygen atoms in total. The summed E-state index contributed by atoms with van der Waals surface area (Å²) >= 11 is 11.7. The van der Waals surface area contributed by atoms with Crippen LogP contribution < -0.4 is 15.2 Å². The molecule has 2 rings (SSSR count). The Labute approximate surface area is 153 Å². The third-order valence-electron chi connectivity index (χ3n) is 2.94. The van der Waals surface area contributed by atoms with Gasteiger partial charge >= 0.3 is 0 Å². The van der Waals surface area contributed by atoms with Crippen molar-refractivity contribution in [1.82, 2.24) is 4.72 Å². The molecule has 0 atom stereocenters. The average molecular weight is 403 g/mol. The minimum absolute atomic E-state index is 0.115. The molecule has 0 fully saturated rings. The highest BCUT2D eigenvalue weighted by Gasteiger charge is 2.24. The smallest absolute Gasteiger partial charge is 0.271 e. The molecule has 0 saturated heterocycles. The van der Waals surface area contributed by atoms with Gasteiger partial charge in [-0.05, 0) is 36.4 Å². The summed E-state index contributed by atoms with van der Waals surface area (Å²) in [6.07, 6.45) is 0. The molecule has 0 aliphatic heterocycles. The molecule has 0 radical (unpaired) electrons. The van der Waals surface area contributed by atoms with Crippen LogP contribution in [0.2, 0.25) is 10.0 Å². The number of sulfonamides is 1. The van der Waals surface area contributed by atoms with Gasteiger partial charge in [-0.25, -0.2) is 13.1 Å². The number of nitrogens with two attached hydrogens (primary N) is 1. The van der Waals surface area contributed by atoms with E-state index in [2.05, 4.69) is 0 Å². The van der Waals surface area contributed by atoms with Crippen molar-refractivity contribution < 1.29 is 22.7 Å². The number of carbonyl (C=O) groups excluding carboxylic acids is 2. The van der Waals surface area contributed by atoms with E-state index in [0.29, 0.717) is 0 Å². The zero-order chi connectivity index (χ0) is 18.6. The summed E-state index contributed by atoms with van der Waals surface area (Å²) in [5, 5.41) is -0.230. The van der Waals surface area contributed by atoms with Gasteiger partial charge in [0.15, 0.2) is 6.61 Å². The summed E-state index contributed by atoms with van der Waals surface area (Å²) in [6.45, 7) is -0.572. The first-order valence-corrected chi connectivity index (χ1v) is 8.97. The predicted molar refractivity (Wildman–Crippen MR) is 92.2 cm³/mol. The molecule has 0 bridgehead atoms. The first-order valence-electron chi connectivity index (χ1n) is 6.73. The summed E-state index contributed by atoms with van der Waals surface area (Å²) in [6, 6.07) is 9.82. The topological polar surface area (TPSA) is 116 Å². The molecule has 0 saturated carbocycles. The third kappa shape index (κ3) is 4.85. The molecule has 2 amide bonds. The van der Waals surface area contributed by atoms with Crippen molar-refractivity contribution in [2.45, 2.75) is 4.90 Å². The van der Waals surface area contributed by atoms with E-state index in [1.165, 1.54) is 42.5 Å². The summed E-state index contributed by atoms with van der Waals surface area (Å²) in [5.41, 5.74) is 5.37. The van der Waals surface area contributed by atoms with Crippen LogP contribution in [0.3, 0.4) is 0 Å². The second-order valence-electron chi connectivity index (χ2n) is 4.76. The molecular formula is C15H12Cl2N2O5S. The zero-order valence-corrected chi connectivity index (χ0v) is 14.9. The number of ether oxygens (including phenoxy) is 1. The molecule has 0 heterocycles. The van der Waals surface area contributed by atoms with Crippen LogP contribution in [0, 0.1) is 0 Å². The molecule has 10 heteroatoms. The van der Waals surface area contributed by atoms with E-state index in [-0.39, 0.29) is 21.4 Å². The average Bonchev–Trinajstić information content (AvgIpc) is 2.52. The summed E-state index contributed by atoms with van der Waals surface area (Å²) in [7, 11) is -4.25. The van der Waals surface area contributed by atoms with Crippen molar-refractivity contribution in [2.24, 2.45) is 5.73 Å². The molecule has 0 aliphatic carbocycles. The molecule has 0 aromatic heterocycles. The lowest BCUT2D eigenvalue weighted by molar-refractivity contribution is -0.121. The van der Waals surface area contributed by atoms with Gasteiger partial charge in [0, 0.05) is 5.56 Å². The number of carbonyl (C=O) groups is 2. The largest absolute Gasteiger partial charge is 0.484 e. The fourth-order valence-electron chi connectivity index (χ4n) is 1.83. The Hall–Kier alpha value is -2.29. The van der Waals surface area contributed by atoms with E-state index >= 15 is 0 Å². The van der Waals surface area contributed by atoms with Crippen LogP contribution in [0.5, 0.6) is 5.75 Å². The van der Waals surface area contributed by atoms with Gasteiger partial charge in [0.05, 0.1) is 10.0 Å². The van der Waals surface area contributed by atoms with Crippen molar-refractivity contribution in [2.75, 3.05) is 6.61 Å². The number of nitrogens with one attached hydrogen (secondary N) is 1. The normalized spacial score (nSPS) is 11.0. The lowest BCUT2D eigenvalue weighted by Gasteiger charge is -2.10. The Kier molecular flexibility index (Phi) is 5.89. The van der Waals surface area contributed by atoms with E-state index in [9.17, 15) is 18.0 Å². The molecule has 2 aromatic rings. The van der Waals surface area contributed by atoms with Crippen LogP contribution in [0.15, 0.2) is 47.4 Å². The first-order chi connectivity index (χ1) is 11.7. The fraction of sp³-hybridized carbons (Fsp3) is 0.0667. The SMILES string of the molecule is NC(=O)c1ccc(OCC(=O)NS(=O)(=O)c2c(Cl)cccc2Cl)cc1. The number of rotatable bonds is 6. The number of halogens is 2. The van der Waals surface area contributed by atoms with Crippen molar-refractivity contribution in [1.29, 1.82) is 0 Å². The predicted octanol–water partition coefficient (Wildman–Crippen LogP) is 1.98. The molecule has 0 unspecified atom stereocenters. The summed E-state index contributed by atoms with van der Waals surface area (Å²) in [4.78, 5) is 22.4. The van der Waals surface area contributed by atoms with E-state index in [4.69, 9.17) is 33.7 Å². The molecule has 2 aromatic carbocycles. The van der Waals surface area contributed by atoms with Crippen molar-refractivity contribution >= 4 is 45.0 Å². The minimum Gasteiger partial charge on any atom is -0.484 e. The van der Waals surface area contributed by atoms with Gasteiger partial charge in [-0.15, -0.1) is 0 Å². The van der Waals surface area contributed by atoms with Gasteiger partial charge in [0.25, 0.3) is 15.9 Å². The Morgan fingerprint density at radius 1 is 1.04 bits per heavy atom. The van der Waals surface area contributed by atoms with E-state index in [1.54, 1.807) is 0 Å². The molecule has 132 valence electrons. The Bertz CT molecular complexity index is 894. The highest BCUT2D eigenvalue weighted by molar-refractivity contribution is 7.90. The van der Waals surface area contributed by atoms with Crippen molar-refractivity contribution in [3.63, 3.8) is 0 Å². The lowest BCUT2D eigenvalue weighted by atomic mass is 10.2. The fourth-order valence-corrected chi connectivity index (χ4v) is 3.95. The standard InChI is InChI=1S/C15H12Cl2N2O5S/c16-11-2-1-3-12(17)14(11)25(22,23)19-13(20)8-24-10-6-4-9(5-7-10)15(18)21/h1-7H,8H2,(H2,18,21)(H,19,20). The van der Waals surface area contributed by atoms with Gasteiger partial charge in [-0.3, -0.25) is 9.59 Å². The van der Waals surface area contributed by atoms with Crippen LogP contribution in [-0.4, -0.2) is 26.8 Å². The van der Waals surface area contributed by atoms with Gasteiger partial charge in [0.1, 0.15) is 10.6 Å². The van der Waals surface area contributed by atoms with Crippen LogP contribution in [0.1, 0.15) is 10.4 Å². The molecule has 0 spiro atoms. The van der Waals surface area contributed by atoms with Gasteiger partial charge in [0.2, 0.25) is 5.91 Å². The van der Waals surface area contributed by atoms with Gasteiger partial charge in [-0.1, -0.05) is 29.3 Å². The monoisotopic (exact) mass is 402 g/mol. The third-order valence-corrected chi connectivity index (χ3v) is 5.27. The number of primary amides is 1. The Morgan fingerprint density at radius 3 is 2.12 bits per heavy atom. The Balaban J connectivity index is 2.03. The first kappa shape index (κ1) is 19.0. The maximum absolute atomic E-state index is 12.2. The number of amides is 2. The van der Waals surface area contributed by atoms with Crippen LogP contribution in [0.25, 0.3) is 0 Å². The number of benzene rings is 2. The molecule has 0 aliphatic rings. The van der Waals surface area contributed by atoms with Gasteiger partial charge < -0.3 is 10.5 Å². The quantitative estimate of drug-likeness (QED) is 0.765. The highest BCUT2D eigenvalue weighted by atomic mass is 35.5. The van der Waals surface area contributed by atoms with Gasteiger partial charge in [-0.2, -0.15) is 0 Å². The molecule has 3 N–H and O–H groups in total. The van der Waals surface area contributed by atoms with E-state index in [1.807, 2.05) is 4.72 Å². The summed E-state index contributed by atoms with van der Waals surface area (Å²) < 4.78 is 31.4. The maximum Gasteiger partial charge on any atom is 0.271 e.